The molecular weight excluding hydrogens is 419 g/mol. The van der Waals surface area contributed by atoms with Gasteiger partial charge >= 0.3 is 0 Å². The molecule has 2 amide bonds. The Morgan fingerprint density at radius 2 is 1.97 bits per heavy atom. The van der Waals surface area contributed by atoms with Gasteiger partial charge in [0.1, 0.15) is 17.0 Å². The molecule has 1 saturated heterocycles. The smallest absolute Gasteiger partial charge is 0.242 e. The third-order valence-corrected chi connectivity index (χ3v) is 6.22. The molecule has 1 aromatic heterocycles. The van der Waals surface area contributed by atoms with Crippen LogP contribution in [0.3, 0.4) is 0 Å². The van der Waals surface area contributed by atoms with Gasteiger partial charge in [-0.15, -0.1) is 0 Å². The first-order valence-electron chi connectivity index (χ1n) is 10.4. The summed E-state index contributed by atoms with van der Waals surface area (Å²) >= 11 is 0. The maximum atomic E-state index is 15.1. The summed E-state index contributed by atoms with van der Waals surface area (Å²) in [5, 5.41) is 6.09. The molecule has 1 fully saturated rings. The zero-order valence-corrected chi connectivity index (χ0v) is 18.6. The first-order chi connectivity index (χ1) is 15.0. The van der Waals surface area contributed by atoms with E-state index in [1.807, 2.05) is 11.8 Å². The van der Waals surface area contributed by atoms with Crippen LogP contribution in [-0.4, -0.2) is 52.5 Å². The Kier molecular flexibility index (Phi) is 5.36. The highest BCUT2D eigenvalue weighted by Crippen LogP contribution is 2.47. The molecule has 9 nitrogen and oxygen atoms in total. The van der Waals surface area contributed by atoms with Crippen LogP contribution in [0.1, 0.15) is 39.1 Å². The highest BCUT2D eigenvalue weighted by Gasteiger charge is 2.59. The predicted molar refractivity (Wildman–Crippen MR) is 111 cm³/mol. The number of fused-ring (bicyclic) bond motifs is 3. The average Bonchev–Trinajstić information content (AvgIpc) is 3.12. The van der Waals surface area contributed by atoms with E-state index in [0.717, 1.165) is 0 Å². The number of halogens is 1. The van der Waals surface area contributed by atoms with Gasteiger partial charge in [-0.05, 0) is 44.9 Å². The van der Waals surface area contributed by atoms with Gasteiger partial charge in [-0.25, -0.2) is 4.39 Å². The number of aromatic nitrogens is 2. The van der Waals surface area contributed by atoms with Gasteiger partial charge in [-0.3, -0.25) is 19.7 Å². The molecular formula is C22H25FN4O5. The Morgan fingerprint density at radius 3 is 2.56 bits per heavy atom. The lowest BCUT2D eigenvalue weighted by molar-refractivity contribution is -0.151. The van der Waals surface area contributed by atoms with Crippen LogP contribution in [0.4, 0.5) is 10.1 Å². The summed E-state index contributed by atoms with van der Waals surface area (Å²) in [7, 11) is 0. The topological polar surface area (TPSA) is 115 Å². The Balaban J connectivity index is 1.93. The molecule has 2 aliphatic heterocycles. The summed E-state index contributed by atoms with van der Waals surface area (Å²) in [6, 6.07) is 2.22. The van der Waals surface area contributed by atoms with E-state index in [9.17, 15) is 14.4 Å². The van der Waals surface area contributed by atoms with Crippen LogP contribution in [0.2, 0.25) is 0 Å². The lowest BCUT2D eigenvalue weighted by atomic mass is 9.65. The number of benzene rings is 1. The van der Waals surface area contributed by atoms with Gasteiger partial charge in [-0.1, -0.05) is 5.16 Å². The molecule has 0 unspecified atom stereocenters. The van der Waals surface area contributed by atoms with E-state index in [1.54, 1.807) is 19.9 Å². The summed E-state index contributed by atoms with van der Waals surface area (Å²) in [5.41, 5.74) is -0.334. The minimum Gasteiger partial charge on any atom is -0.372 e. The van der Waals surface area contributed by atoms with E-state index in [4.69, 9.17) is 9.26 Å². The van der Waals surface area contributed by atoms with E-state index in [2.05, 4.69) is 15.5 Å². The van der Waals surface area contributed by atoms with E-state index in [0.29, 0.717) is 17.8 Å². The summed E-state index contributed by atoms with van der Waals surface area (Å²) in [6.45, 7) is 8.16. The van der Waals surface area contributed by atoms with Crippen LogP contribution < -0.4 is 10.2 Å². The molecule has 1 N–H and O–H groups in total. The molecule has 0 bridgehead atoms. The number of nitrogens with zero attached hydrogens (tertiary/aromatic N) is 3. The Morgan fingerprint density at radius 1 is 1.25 bits per heavy atom. The lowest BCUT2D eigenvalue weighted by Crippen LogP contribution is -2.69. The molecule has 1 aromatic carbocycles. The number of aryl methyl sites for hydroxylation is 1. The summed E-state index contributed by atoms with van der Waals surface area (Å²) in [4.78, 5) is 44.1. The first-order valence-corrected chi connectivity index (χ1v) is 10.4. The lowest BCUT2D eigenvalue weighted by Gasteiger charge is -2.54. The van der Waals surface area contributed by atoms with Gasteiger partial charge in [0, 0.05) is 26.1 Å². The summed E-state index contributed by atoms with van der Waals surface area (Å²) < 4.78 is 26.1. The zero-order valence-electron chi connectivity index (χ0n) is 18.6. The van der Waals surface area contributed by atoms with E-state index in [-0.39, 0.29) is 29.8 Å². The second kappa shape index (κ2) is 7.77. The maximum absolute atomic E-state index is 15.1. The van der Waals surface area contributed by atoms with Crippen LogP contribution in [0, 0.1) is 18.2 Å². The van der Waals surface area contributed by atoms with Crippen molar-refractivity contribution in [1.82, 2.24) is 15.5 Å². The van der Waals surface area contributed by atoms with E-state index in [1.165, 1.54) is 19.9 Å². The minimum absolute atomic E-state index is 0.0237. The molecule has 2 aliphatic rings. The van der Waals surface area contributed by atoms with Crippen LogP contribution in [-0.2, 0) is 25.5 Å². The van der Waals surface area contributed by atoms with Crippen molar-refractivity contribution < 1.29 is 28.0 Å². The number of Topliss-reactive ketones (excluding diaryl/α,β-unsaturated/α-hetero) is 1. The Labute approximate surface area is 184 Å². The van der Waals surface area contributed by atoms with Crippen molar-refractivity contribution in [2.24, 2.45) is 5.41 Å². The van der Waals surface area contributed by atoms with Gasteiger partial charge in [0.05, 0.1) is 23.8 Å². The highest BCUT2D eigenvalue weighted by molar-refractivity contribution is 6.11. The van der Waals surface area contributed by atoms with Crippen molar-refractivity contribution in [3.63, 3.8) is 0 Å². The molecule has 3 heterocycles. The second-order valence-corrected chi connectivity index (χ2v) is 8.56. The normalized spacial score (nSPS) is 26.8. The number of ether oxygens (including phenoxy) is 1. The number of rotatable bonds is 3. The fourth-order valence-corrected chi connectivity index (χ4v) is 5.02. The van der Waals surface area contributed by atoms with Gasteiger partial charge < -0.3 is 14.2 Å². The van der Waals surface area contributed by atoms with Crippen LogP contribution >= 0.6 is 0 Å². The van der Waals surface area contributed by atoms with Crippen molar-refractivity contribution in [3.05, 3.63) is 29.4 Å². The van der Waals surface area contributed by atoms with Crippen molar-refractivity contribution >= 4 is 23.3 Å². The van der Waals surface area contributed by atoms with Gasteiger partial charge in [0.2, 0.25) is 23.5 Å². The molecule has 0 saturated carbocycles. The molecule has 2 aromatic rings. The van der Waals surface area contributed by atoms with Crippen LogP contribution in [0.5, 0.6) is 0 Å². The minimum atomic E-state index is -1.60. The Bertz CT molecular complexity index is 1120. The number of morpholine rings is 1. The van der Waals surface area contributed by atoms with Crippen molar-refractivity contribution in [1.29, 1.82) is 0 Å². The molecule has 4 atom stereocenters. The first kappa shape index (κ1) is 22.1. The number of anilines is 1. The summed E-state index contributed by atoms with van der Waals surface area (Å²) in [6.07, 6.45) is -0.754. The molecule has 4 rings (SSSR count). The molecule has 0 radical (unpaired) electrons. The standard InChI is InChI=1S/C22H25FN4O5/c1-10-9-27-18-7-17(23)16(20-25-14(5)32-26-20)6-15(18)8-22(12(3)28,19(27)11(2)31-10)21(30)24-13(4)29/h6-7,10-11,19H,8-9H2,1-5H3,(H,24,29,30)/t10-,11+,19-,22+/m1/s1. The summed E-state index contributed by atoms with van der Waals surface area (Å²) in [5.74, 6) is -1.83. The number of amides is 2. The van der Waals surface area contributed by atoms with E-state index < -0.39 is 41.0 Å². The third-order valence-electron chi connectivity index (χ3n) is 6.22. The van der Waals surface area contributed by atoms with Gasteiger partial charge in [-0.2, -0.15) is 4.98 Å². The number of carbonyl (C=O) groups excluding carboxylic acids is 3. The molecule has 170 valence electrons. The second-order valence-electron chi connectivity index (χ2n) is 8.56. The average molecular weight is 444 g/mol. The fourth-order valence-electron chi connectivity index (χ4n) is 5.02. The number of nitrogens with one attached hydrogen (secondary N) is 1. The Hall–Kier alpha value is -3.14. The zero-order chi connectivity index (χ0) is 23.4. The molecule has 32 heavy (non-hydrogen) atoms. The molecule has 0 spiro atoms. The van der Waals surface area contributed by atoms with Crippen molar-refractivity contribution in [2.45, 2.75) is 59.3 Å². The number of hydrogen-bond acceptors (Lipinski definition) is 8. The third kappa shape index (κ3) is 3.38. The van der Waals surface area contributed by atoms with Crippen molar-refractivity contribution in [3.8, 4) is 11.4 Å². The van der Waals surface area contributed by atoms with Crippen molar-refractivity contribution in [2.75, 3.05) is 11.4 Å². The number of hydrogen-bond donors (Lipinski definition) is 1. The number of ketones is 1. The van der Waals surface area contributed by atoms with Crippen LogP contribution in [0.15, 0.2) is 16.7 Å². The molecule has 10 heteroatoms. The van der Waals surface area contributed by atoms with Gasteiger partial charge in [0.25, 0.3) is 0 Å². The highest BCUT2D eigenvalue weighted by atomic mass is 19.1. The number of imide groups is 1. The van der Waals surface area contributed by atoms with Crippen LogP contribution in [0.25, 0.3) is 11.4 Å². The SMILES string of the molecule is CC(=O)NC(=O)[C@]1(C(C)=O)Cc2cc(-c3noc(C)n3)c(F)cc2N2C[C@@H](C)O[C@@H](C)[C@@H]21. The monoisotopic (exact) mass is 444 g/mol. The van der Waals surface area contributed by atoms with E-state index >= 15 is 4.39 Å². The number of carbonyl (C=O) groups is 3. The largest absolute Gasteiger partial charge is 0.372 e. The maximum Gasteiger partial charge on any atom is 0.242 e. The quantitative estimate of drug-likeness (QED) is 0.715. The molecule has 0 aliphatic carbocycles. The predicted octanol–water partition coefficient (Wildman–Crippen LogP) is 1.96. The van der Waals surface area contributed by atoms with Gasteiger partial charge in [0.15, 0.2) is 0 Å². The fraction of sp³-hybridized carbons (Fsp3) is 0.500.